The Bertz CT molecular complexity index is 1420. The van der Waals surface area contributed by atoms with E-state index in [0.717, 1.165) is 34.0 Å². The van der Waals surface area contributed by atoms with Gasteiger partial charge in [0.2, 0.25) is 0 Å². The molecule has 192 valence electrons. The van der Waals surface area contributed by atoms with Crippen LogP contribution in [0.15, 0.2) is 66.9 Å². The molecule has 1 unspecified atom stereocenters. The number of imidazole rings is 1. The van der Waals surface area contributed by atoms with Gasteiger partial charge in [0, 0.05) is 22.9 Å². The summed E-state index contributed by atoms with van der Waals surface area (Å²) in [5.74, 6) is 0.203. The number of ether oxygens (including phenoxy) is 1. The normalized spacial score (nSPS) is 12.2. The molecule has 4 rings (SSSR count). The number of carboxylic acid groups (broad SMARTS) is 1. The van der Waals surface area contributed by atoms with Crippen molar-refractivity contribution in [3.05, 3.63) is 83.6 Å². The number of carbonyl (C=O) groups excluding carboxylic acids is 1. The molecule has 0 bridgehead atoms. The van der Waals surface area contributed by atoms with E-state index in [4.69, 9.17) is 9.72 Å². The highest BCUT2D eigenvalue weighted by atomic mass is 16.5. The minimum atomic E-state index is -0.989. The van der Waals surface area contributed by atoms with E-state index in [0.29, 0.717) is 11.2 Å². The Morgan fingerprint density at radius 2 is 1.73 bits per heavy atom. The van der Waals surface area contributed by atoms with Crippen LogP contribution in [0.5, 0.6) is 5.75 Å². The highest BCUT2D eigenvalue weighted by molar-refractivity contribution is 5.96. The lowest BCUT2D eigenvalue weighted by Gasteiger charge is -2.22. The average molecular weight is 501 g/mol. The third-order valence-corrected chi connectivity index (χ3v) is 5.91. The van der Waals surface area contributed by atoms with Gasteiger partial charge >= 0.3 is 5.97 Å². The largest absolute Gasteiger partial charge is 0.497 e. The molecule has 0 saturated heterocycles. The van der Waals surface area contributed by atoms with Crippen LogP contribution in [0.2, 0.25) is 0 Å². The van der Waals surface area contributed by atoms with Crippen LogP contribution < -0.4 is 15.4 Å². The van der Waals surface area contributed by atoms with Gasteiger partial charge in [-0.3, -0.25) is 14.0 Å². The van der Waals surface area contributed by atoms with E-state index in [1.165, 1.54) is 0 Å². The maximum Gasteiger partial charge on any atom is 0.305 e. The third kappa shape index (κ3) is 6.09. The Balaban J connectivity index is 1.70. The maximum absolute atomic E-state index is 13.2. The fourth-order valence-electron chi connectivity index (χ4n) is 4.08. The molecule has 1 atom stereocenters. The van der Waals surface area contributed by atoms with Gasteiger partial charge in [-0.15, -0.1) is 0 Å². The molecule has 0 aliphatic carbocycles. The number of nitrogens with one attached hydrogen (secondary N) is 2. The lowest BCUT2D eigenvalue weighted by molar-refractivity contribution is -0.137. The summed E-state index contributed by atoms with van der Waals surface area (Å²) in [5.41, 5.74) is 4.20. The standard InChI is InChI=1S/C29H32N4O4/c1-18-6-8-19(9-7-18)23(17-25(34)35)30-28(36)21-14-15-33-24(16-21)31-26(27(33)32-29(2,3)4)20-10-12-22(37-5)13-11-20/h6-16,23,32H,17H2,1-5H3,(H,30,36)(H,34,35). The fraction of sp³-hybridized carbons (Fsp3) is 0.276. The number of methoxy groups -OCH3 is 1. The zero-order valence-corrected chi connectivity index (χ0v) is 21.7. The van der Waals surface area contributed by atoms with Gasteiger partial charge in [0.05, 0.1) is 19.6 Å². The Morgan fingerprint density at radius 3 is 2.32 bits per heavy atom. The molecule has 0 fully saturated rings. The SMILES string of the molecule is COc1ccc(-c2nc3cc(C(=O)NC(CC(=O)O)c4ccc(C)cc4)ccn3c2NC(C)(C)C)cc1. The van der Waals surface area contributed by atoms with Crippen LogP contribution in [0.1, 0.15) is 54.7 Å². The van der Waals surface area contributed by atoms with Gasteiger partial charge in [-0.05, 0) is 69.7 Å². The summed E-state index contributed by atoms with van der Waals surface area (Å²) in [4.78, 5) is 29.6. The van der Waals surface area contributed by atoms with Gasteiger partial charge in [0.25, 0.3) is 5.91 Å². The minimum absolute atomic E-state index is 0.221. The van der Waals surface area contributed by atoms with E-state index in [2.05, 4.69) is 31.4 Å². The Kier molecular flexibility index (Phi) is 7.20. The average Bonchev–Trinajstić information content (AvgIpc) is 3.20. The molecule has 0 aliphatic rings. The predicted molar refractivity (Wildman–Crippen MR) is 144 cm³/mol. The zero-order chi connectivity index (χ0) is 26.7. The first-order chi connectivity index (χ1) is 17.5. The van der Waals surface area contributed by atoms with Crippen molar-refractivity contribution in [3.63, 3.8) is 0 Å². The van der Waals surface area contributed by atoms with Gasteiger partial charge in [-0.25, -0.2) is 4.98 Å². The first-order valence-corrected chi connectivity index (χ1v) is 12.1. The minimum Gasteiger partial charge on any atom is -0.497 e. The molecule has 4 aromatic rings. The number of carbonyl (C=O) groups is 2. The van der Waals surface area contributed by atoms with E-state index in [1.807, 2.05) is 59.9 Å². The van der Waals surface area contributed by atoms with Crippen LogP contribution in [0.25, 0.3) is 16.9 Å². The predicted octanol–water partition coefficient (Wildman–Crippen LogP) is 5.47. The molecular weight excluding hydrogens is 468 g/mol. The first-order valence-electron chi connectivity index (χ1n) is 12.1. The van der Waals surface area contributed by atoms with Crippen molar-refractivity contribution in [1.29, 1.82) is 0 Å². The highest BCUT2D eigenvalue weighted by Gasteiger charge is 2.22. The van der Waals surface area contributed by atoms with E-state index >= 15 is 0 Å². The molecule has 1 amide bonds. The molecule has 0 saturated carbocycles. The van der Waals surface area contributed by atoms with Gasteiger partial charge in [0.15, 0.2) is 0 Å². The molecule has 2 aromatic heterocycles. The number of fused-ring (bicyclic) bond motifs is 1. The van der Waals surface area contributed by atoms with Crippen LogP contribution in [0.4, 0.5) is 5.82 Å². The monoisotopic (exact) mass is 500 g/mol. The number of rotatable bonds is 8. The fourth-order valence-corrected chi connectivity index (χ4v) is 4.08. The summed E-state index contributed by atoms with van der Waals surface area (Å²) in [6.45, 7) is 8.16. The number of aromatic nitrogens is 2. The second-order valence-corrected chi connectivity index (χ2v) is 10.1. The lowest BCUT2D eigenvalue weighted by atomic mass is 10.0. The van der Waals surface area contributed by atoms with Crippen LogP contribution >= 0.6 is 0 Å². The summed E-state index contributed by atoms with van der Waals surface area (Å²) < 4.78 is 7.20. The molecule has 8 nitrogen and oxygen atoms in total. The highest BCUT2D eigenvalue weighted by Crippen LogP contribution is 2.32. The molecule has 0 aliphatic heterocycles. The van der Waals surface area contributed by atoms with Gasteiger partial charge in [-0.2, -0.15) is 0 Å². The molecule has 2 heterocycles. The lowest BCUT2D eigenvalue weighted by Crippen LogP contribution is -2.30. The third-order valence-electron chi connectivity index (χ3n) is 5.91. The summed E-state index contributed by atoms with van der Waals surface area (Å²) >= 11 is 0. The van der Waals surface area contributed by atoms with Crippen molar-refractivity contribution in [2.75, 3.05) is 12.4 Å². The van der Waals surface area contributed by atoms with Gasteiger partial charge < -0.3 is 20.5 Å². The maximum atomic E-state index is 13.2. The van der Waals surface area contributed by atoms with Crippen LogP contribution in [-0.4, -0.2) is 39.0 Å². The second-order valence-electron chi connectivity index (χ2n) is 10.1. The van der Waals surface area contributed by atoms with Crippen LogP contribution in [0.3, 0.4) is 0 Å². The van der Waals surface area contributed by atoms with Gasteiger partial charge in [-0.1, -0.05) is 29.8 Å². The summed E-state index contributed by atoms with van der Waals surface area (Å²) in [6, 6.07) is 17.9. The van der Waals surface area contributed by atoms with Crippen molar-refractivity contribution in [3.8, 4) is 17.0 Å². The van der Waals surface area contributed by atoms with Crippen molar-refractivity contribution >= 4 is 23.3 Å². The number of hydrogen-bond acceptors (Lipinski definition) is 5. The molecule has 3 N–H and O–H groups in total. The van der Waals surface area contributed by atoms with Crippen molar-refractivity contribution < 1.29 is 19.4 Å². The number of aryl methyl sites for hydroxylation is 1. The van der Waals surface area contributed by atoms with E-state index < -0.39 is 12.0 Å². The summed E-state index contributed by atoms with van der Waals surface area (Å²) in [7, 11) is 1.62. The summed E-state index contributed by atoms with van der Waals surface area (Å²) in [5, 5.41) is 15.8. The molecule has 8 heteroatoms. The molecule has 37 heavy (non-hydrogen) atoms. The molecule has 0 radical (unpaired) electrons. The van der Waals surface area contributed by atoms with Crippen LogP contribution in [0, 0.1) is 6.92 Å². The number of aliphatic carboxylic acids is 1. The number of benzene rings is 2. The smallest absolute Gasteiger partial charge is 0.305 e. The molecule has 2 aromatic carbocycles. The van der Waals surface area contributed by atoms with Crippen molar-refractivity contribution in [1.82, 2.24) is 14.7 Å². The quantitative estimate of drug-likeness (QED) is 0.296. The van der Waals surface area contributed by atoms with Crippen LogP contribution in [-0.2, 0) is 4.79 Å². The van der Waals surface area contributed by atoms with E-state index in [1.54, 1.807) is 25.4 Å². The number of nitrogens with zero attached hydrogens (tertiary/aromatic N) is 2. The topological polar surface area (TPSA) is 105 Å². The van der Waals surface area contributed by atoms with Gasteiger partial charge in [0.1, 0.15) is 22.9 Å². The second kappa shape index (κ2) is 10.3. The molecular formula is C29H32N4O4. The Morgan fingerprint density at radius 1 is 1.05 bits per heavy atom. The number of pyridine rings is 1. The van der Waals surface area contributed by atoms with Crippen molar-refractivity contribution in [2.24, 2.45) is 0 Å². The molecule has 0 spiro atoms. The Hall–Kier alpha value is -4.33. The van der Waals surface area contributed by atoms with E-state index in [-0.39, 0.29) is 17.9 Å². The van der Waals surface area contributed by atoms with Crippen molar-refractivity contribution in [2.45, 2.75) is 45.7 Å². The number of amides is 1. The zero-order valence-electron chi connectivity index (χ0n) is 21.7. The number of hydrogen-bond donors (Lipinski definition) is 3. The number of anilines is 1. The number of carboxylic acids is 1. The Labute approximate surface area is 216 Å². The first kappa shape index (κ1) is 25.8. The van der Waals surface area contributed by atoms with E-state index in [9.17, 15) is 14.7 Å². The summed E-state index contributed by atoms with van der Waals surface area (Å²) in [6.07, 6.45) is 1.58.